The molecule has 0 aromatic heterocycles. The van der Waals surface area contributed by atoms with E-state index < -0.39 is 0 Å². The third-order valence-electron chi connectivity index (χ3n) is 2.85. The molecule has 21 heavy (non-hydrogen) atoms. The summed E-state index contributed by atoms with van der Waals surface area (Å²) in [5.74, 6) is 0.352. The van der Waals surface area contributed by atoms with Crippen LogP contribution >= 0.6 is 27.5 Å². The Kier molecular flexibility index (Phi) is 5.79. The summed E-state index contributed by atoms with van der Waals surface area (Å²) in [6, 6.07) is 12.3. The molecule has 2 rings (SSSR count). The number of ether oxygens (including phenoxy) is 2. The number of carbonyl (C=O) groups excluding carboxylic acids is 1. The Morgan fingerprint density at radius 2 is 1.90 bits per heavy atom. The maximum atomic E-state index is 12.7. The summed E-state index contributed by atoms with van der Waals surface area (Å²) in [5, 5.41) is 0.412. The summed E-state index contributed by atoms with van der Waals surface area (Å²) >= 11 is 9.47. The van der Waals surface area contributed by atoms with Crippen molar-refractivity contribution < 1.29 is 14.3 Å². The summed E-state index contributed by atoms with van der Waals surface area (Å²) in [5.41, 5.74) is 0.919. The van der Waals surface area contributed by atoms with E-state index in [1.807, 2.05) is 6.07 Å². The van der Waals surface area contributed by atoms with E-state index in [0.29, 0.717) is 35.1 Å². The van der Waals surface area contributed by atoms with E-state index in [2.05, 4.69) is 15.9 Å². The van der Waals surface area contributed by atoms with Crippen LogP contribution < -0.4 is 4.74 Å². The minimum absolute atomic E-state index is 0.172. The summed E-state index contributed by atoms with van der Waals surface area (Å²) < 4.78 is 11.3. The molecule has 3 nitrogen and oxygen atoms in total. The number of halogens is 2. The van der Waals surface area contributed by atoms with Crippen LogP contribution in [0.25, 0.3) is 0 Å². The average Bonchev–Trinajstić information content (AvgIpc) is 2.50. The van der Waals surface area contributed by atoms with Crippen molar-refractivity contribution in [1.29, 1.82) is 0 Å². The standard InChI is InChI=1S/C16H14BrClO3/c1-20-8-9-21-15-5-3-2-4-12(15)16(19)13-10-11(17)6-7-14(13)18/h2-7,10H,8-9H2,1H3. The fourth-order valence-corrected chi connectivity index (χ4v) is 2.40. The molecule has 0 N–H and O–H groups in total. The van der Waals surface area contributed by atoms with E-state index in [1.165, 1.54) is 0 Å². The predicted octanol–water partition coefficient (Wildman–Crippen LogP) is 4.36. The molecular formula is C16H14BrClO3. The minimum atomic E-state index is -0.172. The number of rotatable bonds is 6. The first-order valence-corrected chi connectivity index (χ1v) is 7.51. The van der Waals surface area contributed by atoms with E-state index in [0.717, 1.165) is 4.47 Å². The average molecular weight is 370 g/mol. The predicted molar refractivity (Wildman–Crippen MR) is 86.4 cm³/mol. The van der Waals surface area contributed by atoms with Gasteiger partial charge in [0, 0.05) is 17.1 Å². The summed E-state index contributed by atoms with van der Waals surface area (Å²) in [4.78, 5) is 12.7. The number of benzene rings is 2. The lowest BCUT2D eigenvalue weighted by Crippen LogP contribution is -2.09. The third-order valence-corrected chi connectivity index (χ3v) is 3.67. The van der Waals surface area contributed by atoms with E-state index in [4.69, 9.17) is 21.1 Å². The van der Waals surface area contributed by atoms with Gasteiger partial charge in [0.2, 0.25) is 0 Å². The zero-order valence-electron chi connectivity index (χ0n) is 11.4. The van der Waals surface area contributed by atoms with Gasteiger partial charge in [-0.1, -0.05) is 39.7 Å². The van der Waals surface area contributed by atoms with E-state index in [1.54, 1.807) is 43.5 Å². The van der Waals surface area contributed by atoms with Crippen LogP contribution in [0, 0.1) is 0 Å². The molecule has 0 saturated carbocycles. The Bertz CT molecular complexity index is 643. The highest BCUT2D eigenvalue weighted by Crippen LogP contribution is 2.27. The molecule has 0 aliphatic heterocycles. The molecule has 110 valence electrons. The SMILES string of the molecule is COCCOc1ccccc1C(=O)c1cc(Br)ccc1Cl. The van der Waals surface area contributed by atoms with Gasteiger partial charge in [0.1, 0.15) is 12.4 Å². The number of hydrogen-bond donors (Lipinski definition) is 0. The van der Waals surface area contributed by atoms with Gasteiger partial charge >= 0.3 is 0 Å². The van der Waals surface area contributed by atoms with Crippen molar-refractivity contribution >= 4 is 33.3 Å². The Morgan fingerprint density at radius 3 is 2.67 bits per heavy atom. The van der Waals surface area contributed by atoms with Gasteiger partial charge in [-0.2, -0.15) is 0 Å². The topological polar surface area (TPSA) is 35.5 Å². The zero-order chi connectivity index (χ0) is 15.2. The van der Waals surface area contributed by atoms with E-state index >= 15 is 0 Å². The second-order valence-electron chi connectivity index (χ2n) is 4.29. The largest absolute Gasteiger partial charge is 0.490 e. The zero-order valence-corrected chi connectivity index (χ0v) is 13.8. The van der Waals surface area contributed by atoms with Crippen LogP contribution in [0.15, 0.2) is 46.9 Å². The second-order valence-corrected chi connectivity index (χ2v) is 5.61. The van der Waals surface area contributed by atoms with Crippen molar-refractivity contribution in [3.63, 3.8) is 0 Å². The highest BCUT2D eigenvalue weighted by molar-refractivity contribution is 9.10. The monoisotopic (exact) mass is 368 g/mol. The molecule has 0 heterocycles. The third kappa shape index (κ3) is 4.06. The van der Waals surface area contributed by atoms with Gasteiger partial charge in [-0.05, 0) is 30.3 Å². The molecule has 5 heteroatoms. The van der Waals surface area contributed by atoms with Crippen LogP contribution in [0.4, 0.5) is 0 Å². The molecular weight excluding hydrogens is 356 g/mol. The van der Waals surface area contributed by atoms with Crippen molar-refractivity contribution in [2.45, 2.75) is 0 Å². The summed E-state index contributed by atoms with van der Waals surface area (Å²) in [6.45, 7) is 0.840. The molecule has 0 radical (unpaired) electrons. The molecule has 0 amide bonds. The Morgan fingerprint density at radius 1 is 1.14 bits per heavy atom. The Balaban J connectivity index is 2.32. The molecule has 0 spiro atoms. The second kappa shape index (κ2) is 7.59. The number of hydrogen-bond acceptors (Lipinski definition) is 3. The number of methoxy groups -OCH3 is 1. The summed E-state index contributed by atoms with van der Waals surface area (Å²) in [6.07, 6.45) is 0. The fourth-order valence-electron chi connectivity index (χ4n) is 1.83. The number of carbonyl (C=O) groups is 1. The lowest BCUT2D eigenvalue weighted by Gasteiger charge is -2.11. The first-order valence-electron chi connectivity index (χ1n) is 6.34. The minimum Gasteiger partial charge on any atom is -0.490 e. The van der Waals surface area contributed by atoms with Gasteiger partial charge in [-0.15, -0.1) is 0 Å². The lowest BCUT2D eigenvalue weighted by atomic mass is 10.0. The molecule has 0 aliphatic rings. The van der Waals surface area contributed by atoms with Crippen molar-refractivity contribution in [3.8, 4) is 5.75 Å². The van der Waals surface area contributed by atoms with Crippen LogP contribution in [0.2, 0.25) is 5.02 Å². The van der Waals surface area contributed by atoms with Gasteiger partial charge in [-0.3, -0.25) is 4.79 Å². The van der Waals surface area contributed by atoms with Crippen molar-refractivity contribution in [3.05, 3.63) is 63.1 Å². The number of ketones is 1. The molecule has 0 atom stereocenters. The van der Waals surface area contributed by atoms with E-state index in [-0.39, 0.29) is 5.78 Å². The maximum absolute atomic E-state index is 12.7. The van der Waals surface area contributed by atoms with Gasteiger partial charge in [0.15, 0.2) is 5.78 Å². The molecule has 0 bridgehead atoms. The van der Waals surface area contributed by atoms with Crippen LogP contribution in [0.3, 0.4) is 0 Å². The van der Waals surface area contributed by atoms with Crippen molar-refractivity contribution in [2.24, 2.45) is 0 Å². The highest BCUT2D eigenvalue weighted by atomic mass is 79.9. The molecule has 2 aromatic rings. The quantitative estimate of drug-likeness (QED) is 0.560. The lowest BCUT2D eigenvalue weighted by molar-refractivity contribution is 0.103. The van der Waals surface area contributed by atoms with Crippen molar-refractivity contribution in [2.75, 3.05) is 20.3 Å². The maximum Gasteiger partial charge on any atom is 0.198 e. The fraction of sp³-hybridized carbons (Fsp3) is 0.188. The van der Waals surface area contributed by atoms with Crippen molar-refractivity contribution in [1.82, 2.24) is 0 Å². The number of para-hydroxylation sites is 1. The van der Waals surface area contributed by atoms with Crippen LogP contribution in [0.1, 0.15) is 15.9 Å². The van der Waals surface area contributed by atoms with Crippen LogP contribution in [-0.2, 0) is 4.74 Å². The first-order chi connectivity index (χ1) is 10.1. The van der Waals surface area contributed by atoms with Gasteiger partial charge < -0.3 is 9.47 Å². The molecule has 0 fully saturated rings. The smallest absolute Gasteiger partial charge is 0.198 e. The molecule has 0 saturated heterocycles. The Hall–Kier alpha value is -1.36. The van der Waals surface area contributed by atoms with Gasteiger partial charge in [0.05, 0.1) is 17.2 Å². The molecule has 0 aliphatic carbocycles. The van der Waals surface area contributed by atoms with Crippen LogP contribution in [0.5, 0.6) is 5.75 Å². The Labute approximate surface area is 137 Å². The molecule has 2 aromatic carbocycles. The molecule has 0 unspecified atom stereocenters. The highest BCUT2D eigenvalue weighted by Gasteiger charge is 2.17. The van der Waals surface area contributed by atoms with Crippen LogP contribution in [-0.4, -0.2) is 26.1 Å². The van der Waals surface area contributed by atoms with Gasteiger partial charge in [0.25, 0.3) is 0 Å². The summed E-state index contributed by atoms with van der Waals surface area (Å²) in [7, 11) is 1.60. The van der Waals surface area contributed by atoms with E-state index in [9.17, 15) is 4.79 Å². The normalized spacial score (nSPS) is 10.4. The van der Waals surface area contributed by atoms with Gasteiger partial charge in [-0.25, -0.2) is 0 Å². The first kappa shape index (κ1) is 16.0.